The Balaban J connectivity index is 1.79. The smallest absolute Gasteiger partial charge is 0.270 e. The van der Waals surface area contributed by atoms with Gasteiger partial charge in [0.05, 0.1) is 0 Å². The molecule has 0 aliphatic heterocycles. The molecule has 1 amide bonds. The van der Waals surface area contributed by atoms with E-state index in [1.54, 1.807) is 5.38 Å². The summed E-state index contributed by atoms with van der Waals surface area (Å²) in [6.45, 7) is 2.76. The van der Waals surface area contributed by atoms with Gasteiger partial charge in [0.1, 0.15) is 5.69 Å². The molecule has 0 bridgehead atoms. The highest BCUT2D eigenvalue weighted by Gasteiger charge is 2.29. The number of hydrogen-bond donors (Lipinski definition) is 2. The lowest BCUT2D eigenvalue weighted by Gasteiger charge is -2.24. The fourth-order valence-electron chi connectivity index (χ4n) is 1.71. The SMILES string of the molecule is CC(CNC(=O)c1csc(N)n1)N(C)C1CC1. The molecule has 2 rings (SSSR count). The Hall–Kier alpha value is -1.14. The van der Waals surface area contributed by atoms with E-state index < -0.39 is 0 Å². The van der Waals surface area contributed by atoms with E-state index in [1.807, 2.05) is 0 Å². The summed E-state index contributed by atoms with van der Waals surface area (Å²) in [5.41, 5.74) is 5.90. The lowest BCUT2D eigenvalue weighted by Crippen LogP contribution is -2.41. The molecule has 94 valence electrons. The van der Waals surface area contributed by atoms with Crippen LogP contribution in [0.3, 0.4) is 0 Å². The van der Waals surface area contributed by atoms with Crippen molar-refractivity contribution in [2.75, 3.05) is 19.3 Å². The van der Waals surface area contributed by atoms with Gasteiger partial charge in [0.2, 0.25) is 0 Å². The van der Waals surface area contributed by atoms with Gasteiger partial charge in [0, 0.05) is 24.0 Å². The number of likely N-dealkylation sites (N-methyl/N-ethyl adjacent to an activating group) is 1. The van der Waals surface area contributed by atoms with Crippen LogP contribution in [0.4, 0.5) is 5.13 Å². The van der Waals surface area contributed by atoms with Crippen LogP contribution in [0.15, 0.2) is 5.38 Å². The summed E-state index contributed by atoms with van der Waals surface area (Å²) in [4.78, 5) is 18.0. The van der Waals surface area contributed by atoms with Gasteiger partial charge in [-0.05, 0) is 26.8 Å². The quantitative estimate of drug-likeness (QED) is 0.820. The third kappa shape index (κ3) is 3.17. The first kappa shape index (κ1) is 12.3. The number of nitrogens with zero attached hydrogens (tertiary/aromatic N) is 2. The Labute approximate surface area is 105 Å². The summed E-state index contributed by atoms with van der Waals surface area (Å²) in [5.74, 6) is -0.144. The molecular formula is C11H18N4OS. The Morgan fingerprint density at radius 3 is 3.00 bits per heavy atom. The number of thiazole rings is 1. The van der Waals surface area contributed by atoms with E-state index >= 15 is 0 Å². The predicted octanol–water partition coefficient (Wildman–Crippen LogP) is 0.938. The minimum absolute atomic E-state index is 0.144. The molecule has 1 aliphatic carbocycles. The molecule has 1 aromatic rings. The summed E-state index contributed by atoms with van der Waals surface area (Å²) in [6, 6.07) is 1.05. The van der Waals surface area contributed by atoms with Gasteiger partial charge in [-0.3, -0.25) is 9.69 Å². The zero-order valence-corrected chi connectivity index (χ0v) is 11.0. The normalized spacial score (nSPS) is 17.1. The maximum Gasteiger partial charge on any atom is 0.270 e. The van der Waals surface area contributed by atoms with Crippen molar-refractivity contribution in [2.24, 2.45) is 0 Å². The first-order valence-electron chi connectivity index (χ1n) is 5.79. The molecule has 1 aliphatic rings. The van der Waals surface area contributed by atoms with Crippen molar-refractivity contribution in [1.82, 2.24) is 15.2 Å². The molecule has 0 aromatic carbocycles. The summed E-state index contributed by atoms with van der Waals surface area (Å²) in [7, 11) is 2.11. The number of rotatable bonds is 5. The number of nitrogens with one attached hydrogen (secondary N) is 1. The predicted molar refractivity (Wildman–Crippen MR) is 69.1 cm³/mol. The van der Waals surface area contributed by atoms with Crippen molar-refractivity contribution < 1.29 is 4.79 Å². The monoisotopic (exact) mass is 254 g/mol. The van der Waals surface area contributed by atoms with E-state index in [-0.39, 0.29) is 5.91 Å². The minimum atomic E-state index is -0.144. The molecule has 17 heavy (non-hydrogen) atoms. The van der Waals surface area contributed by atoms with Gasteiger partial charge in [-0.15, -0.1) is 11.3 Å². The van der Waals surface area contributed by atoms with E-state index in [0.29, 0.717) is 29.5 Å². The van der Waals surface area contributed by atoms with E-state index in [0.717, 1.165) is 0 Å². The number of hydrogen-bond acceptors (Lipinski definition) is 5. The van der Waals surface area contributed by atoms with Gasteiger partial charge in [-0.25, -0.2) is 4.98 Å². The number of aromatic nitrogens is 1. The first-order chi connectivity index (χ1) is 8.08. The van der Waals surface area contributed by atoms with Crippen LogP contribution in [0.2, 0.25) is 0 Å². The Morgan fingerprint density at radius 2 is 2.47 bits per heavy atom. The fraction of sp³-hybridized carbons (Fsp3) is 0.636. The molecule has 1 aromatic heterocycles. The summed E-state index contributed by atoms with van der Waals surface area (Å²) < 4.78 is 0. The van der Waals surface area contributed by atoms with Gasteiger partial charge >= 0.3 is 0 Å². The molecule has 3 N–H and O–H groups in total. The van der Waals surface area contributed by atoms with Gasteiger partial charge < -0.3 is 11.1 Å². The van der Waals surface area contributed by atoms with E-state index in [2.05, 4.69) is 29.2 Å². The third-order valence-corrected chi connectivity index (χ3v) is 3.80. The highest BCUT2D eigenvalue weighted by atomic mass is 32.1. The number of nitrogen functional groups attached to an aromatic ring is 1. The average Bonchev–Trinajstić information content (AvgIpc) is 3.07. The molecule has 1 atom stereocenters. The zero-order chi connectivity index (χ0) is 12.4. The highest BCUT2D eigenvalue weighted by Crippen LogP contribution is 2.26. The van der Waals surface area contributed by atoms with Crippen LogP contribution in [0.25, 0.3) is 0 Å². The van der Waals surface area contributed by atoms with Crippen molar-refractivity contribution in [2.45, 2.75) is 31.8 Å². The molecule has 0 radical (unpaired) electrons. The molecule has 6 heteroatoms. The van der Waals surface area contributed by atoms with E-state index in [1.165, 1.54) is 24.2 Å². The third-order valence-electron chi connectivity index (χ3n) is 3.13. The minimum Gasteiger partial charge on any atom is -0.375 e. The molecule has 5 nitrogen and oxygen atoms in total. The fourth-order valence-corrected chi connectivity index (χ4v) is 2.25. The zero-order valence-electron chi connectivity index (χ0n) is 10.1. The van der Waals surface area contributed by atoms with E-state index in [9.17, 15) is 4.79 Å². The van der Waals surface area contributed by atoms with Gasteiger partial charge in [0.25, 0.3) is 5.91 Å². The molecule has 1 heterocycles. The Bertz CT molecular complexity index is 402. The molecule has 0 spiro atoms. The Morgan fingerprint density at radius 1 is 1.76 bits per heavy atom. The maximum absolute atomic E-state index is 11.7. The number of carbonyl (C=O) groups excluding carboxylic acids is 1. The van der Waals surface area contributed by atoms with Crippen molar-refractivity contribution >= 4 is 22.4 Å². The number of carbonyl (C=O) groups is 1. The van der Waals surface area contributed by atoms with Crippen LogP contribution in [-0.4, -0.2) is 41.5 Å². The van der Waals surface area contributed by atoms with Crippen LogP contribution in [0.1, 0.15) is 30.3 Å². The Kier molecular flexibility index (Phi) is 3.63. The molecule has 1 fully saturated rings. The number of nitrogens with two attached hydrogens (primary N) is 1. The number of anilines is 1. The molecule has 1 saturated carbocycles. The van der Waals surface area contributed by atoms with Gasteiger partial charge in [0.15, 0.2) is 5.13 Å². The topological polar surface area (TPSA) is 71.2 Å². The van der Waals surface area contributed by atoms with Crippen LogP contribution in [0.5, 0.6) is 0 Å². The van der Waals surface area contributed by atoms with Gasteiger partial charge in [-0.1, -0.05) is 0 Å². The molecule has 1 unspecified atom stereocenters. The maximum atomic E-state index is 11.7. The van der Waals surface area contributed by atoms with Crippen molar-refractivity contribution in [3.8, 4) is 0 Å². The summed E-state index contributed by atoms with van der Waals surface area (Å²) in [6.07, 6.45) is 2.55. The second-order valence-corrected chi connectivity index (χ2v) is 5.42. The summed E-state index contributed by atoms with van der Waals surface area (Å²) >= 11 is 1.28. The van der Waals surface area contributed by atoms with Crippen LogP contribution < -0.4 is 11.1 Å². The second kappa shape index (κ2) is 5.01. The largest absolute Gasteiger partial charge is 0.375 e. The van der Waals surface area contributed by atoms with Crippen LogP contribution in [0, 0.1) is 0 Å². The lowest BCUT2D eigenvalue weighted by molar-refractivity contribution is 0.0935. The molecule has 0 saturated heterocycles. The van der Waals surface area contributed by atoms with Gasteiger partial charge in [-0.2, -0.15) is 0 Å². The van der Waals surface area contributed by atoms with Crippen LogP contribution in [-0.2, 0) is 0 Å². The first-order valence-corrected chi connectivity index (χ1v) is 6.67. The lowest BCUT2D eigenvalue weighted by atomic mass is 10.3. The standard InChI is InChI=1S/C11H18N4OS/c1-7(15(2)8-3-4-8)5-13-10(16)9-6-17-11(12)14-9/h6-8H,3-5H2,1-2H3,(H2,12,14)(H,13,16). The second-order valence-electron chi connectivity index (χ2n) is 4.53. The number of amides is 1. The average molecular weight is 254 g/mol. The van der Waals surface area contributed by atoms with Crippen molar-refractivity contribution in [3.05, 3.63) is 11.1 Å². The highest BCUT2D eigenvalue weighted by molar-refractivity contribution is 7.13. The van der Waals surface area contributed by atoms with Crippen LogP contribution >= 0.6 is 11.3 Å². The molecular weight excluding hydrogens is 236 g/mol. The van der Waals surface area contributed by atoms with E-state index in [4.69, 9.17) is 5.73 Å². The van der Waals surface area contributed by atoms with Crippen molar-refractivity contribution in [3.63, 3.8) is 0 Å². The summed E-state index contributed by atoms with van der Waals surface area (Å²) in [5, 5.41) is 4.99. The van der Waals surface area contributed by atoms with Crippen molar-refractivity contribution in [1.29, 1.82) is 0 Å².